The van der Waals surface area contributed by atoms with Crippen molar-refractivity contribution in [1.29, 1.82) is 0 Å². The Morgan fingerprint density at radius 2 is 1.81 bits per heavy atom. The average molecular weight is 288 g/mol. The van der Waals surface area contributed by atoms with Gasteiger partial charge in [-0.15, -0.1) is 0 Å². The van der Waals surface area contributed by atoms with Gasteiger partial charge < -0.3 is 9.64 Å². The molecular formula is C16H24N4O. The maximum atomic E-state index is 5.21. The molecule has 0 saturated heterocycles. The second kappa shape index (κ2) is 8.89. The van der Waals surface area contributed by atoms with Gasteiger partial charge in [-0.25, -0.2) is 15.0 Å². The highest BCUT2D eigenvalue weighted by Gasteiger charge is 1.94. The van der Waals surface area contributed by atoms with Crippen LogP contribution in [0.4, 0.5) is 5.82 Å². The van der Waals surface area contributed by atoms with Crippen molar-refractivity contribution in [3.8, 4) is 6.01 Å². The molecule has 5 nitrogen and oxygen atoms in total. The van der Waals surface area contributed by atoms with Crippen molar-refractivity contribution < 1.29 is 4.74 Å². The number of rotatable bonds is 4. The van der Waals surface area contributed by atoms with Crippen LogP contribution in [0.1, 0.15) is 24.6 Å². The molecule has 0 saturated carbocycles. The van der Waals surface area contributed by atoms with E-state index >= 15 is 0 Å². The smallest absolute Gasteiger partial charge is 0.316 e. The molecule has 21 heavy (non-hydrogen) atoms. The Morgan fingerprint density at radius 1 is 1.10 bits per heavy atom. The third-order valence-corrected chi connectivity index (χ3v) is 2.57. The van der Waals surface area contributed by atoms with Gasteiger partial charge in [-0.1, -0.05) is 6.92 Å². The molecule has 2 aromatic rings. The van der Waals surface area contributed by atoms with Crippen LogP contribution in [0, 0.1) is 13.8 Å². The molecule has 0 amide bonds. The first-order valence-corrected chi connectivity index (χ1v) is 7.05. The van der Waals surface area contributed by atoms with Gasteiger partial charge in [0.2, 0.25) is 0 Å². The highest BCUT2D eigenvalue weighted by Crippen LogP contribution is 2.07. The van der Waals surface area contributed by atoms with Crippen molar-refractivity contribution in [2.45, 2.75) is 27.2 Å². The molecule has 0 atom stereocenters. The van der Waals surface area contributed by atoms with E-state index in [0.717, 1.165) is 17.9 Å². The molecule has 5 heteroatoms. The zero-order valence-electron chi connectivity index (χ0n) is 13.5. The monoisotopic (exact) mass is 288 g/mol. The summed E-state index contributed by atoms with van der Waals surface area (Å²) >= 11 is 0. The van der Waals surface area contributed by atoms with E-state index in [1.807, 2.05) is 44.2 Å². The van der Waals surface area contributed by atoms with Gasteiger partial charge in [0, 0.05) is 32.2 Å². The Morgan fingerprint density at radius 3 is 2.33 bits per heavy atom. The third kappa shape index (κ3) is 6.70. The predicted molar refractivity (Wildman–Crippen MR) is 85.9 cm³/mol. The molecule has 0 radical (unpaired) electrons. The zero-order valence-corrected chi connectivity index (χ0v) is 13.5. The fourth-order valence-corrected chi connectivity index (χ4v) is 1.45. The van der Waals surface area contributed by atoms with Crippen LogP contribution in [0.25, 0.3) is 0 Å². The number of anilines is 1. The summed E-state index contributed by atoms with van der Waals surface area (Å²) in [5.74, 6) is 1.01. The Labute approximate surface area is 127 Å². The lowest BCUT2D eigenvalue weighted by molar-refractivity contribution is 0.291. The molecular weight excluding hydrogens is 264 g/mol. The van der Waals surface area contributed by atoms with Crippen molar-refractivity contribution in [3.63, 3.8) is 0 Å². The maximum Gasteiger partial charge on any atom is 0.316 e. The van der Waals surface area contributed by atoms with Gasteiger partial charge >= 0.3 is 6.01 Å². The number of pyridine rings is 1. The molecule has 0 aliphatic carbocycles. The van der Waals surface area contributed by atoms with E-state index in [1.165, 1.54) is 5.56 Å². The zero-order chi connectivity index (χ0) is 15.7. The molecule has 0 fully saturated rings. The molecule has 2 heterocycles. The summed E-state index contributed by atoms with van der Waals surface area (Å²) in [5, 5.41) is 0. The lowest BCUT2D eigenvalue weighted by atomic mass is 10.3. The quantitative estimate of drug-likeness (QED) is 0.865. The van der Waals surface area contributed by atoms with Crippen LogP contribution in [-0.4, -0.2) is 35.7 Å². The number of hydrogen-bond acceptors (Lipinski definition) is 5. The van der Waals surface area contributed by atoms with Crippen molar-refractivity contribution in [3.05, 3.63) is 41.9 Å². The number of ether oxygens (including phenoxy) is 1. The van der Waals surface area contributed by atoms with Crippen LogP contribution in [0.5, 0.6) is 6.01 Å². The minimum Gasteiger partial charge on any atom is -0.463 e. The van der Waals surface area contributed by atoms with E-state index in [2.05, 4.69) is 34.9 Å². The first-order valence-electron chi connectivity index (χ1n) is 7.05. The minimum absolute atomic E-state index is 0.479. The third-order valence-electron chi connectivity index (χ3n) is 2.57. The van der Waals surface area contributed by atoms with E-state index in [4.69, 9.17) is 4.74 Å². The molecule has 0 unspecified atom stereocenters. The summed E-state index contributed by atoms with van der Waals surface area (Å²) in [7, 11) is 3.98. The van der Waals surface area contributed by atoms with Crippen LogP contribution in [0.3, 0.4) is 0 Å². The Kier molecular flexibility index (Phi) is 7.15. The Hall–Kier alpha value is -2.17. The number of aromatic nitrogens is 3. The SMILES string of the molecule is CCCOc1nccc(C)n1.Cc1ccnc(N(C)C)c1. The molecule has 0 N–H and O–H groups in total. The van der Waals surface area contributed by atoms with E-state index in [9.17, 15) is 0 Å². The average Bonchev–Trinajstić information content (AvgIpc) is 2.46. The van der Waals surface area contributed by atoms with Crippen LogP contribution in [-0.2, 0) is 0 Å². The Balaban J connectivity index is 0.000000211. The second-order valence-electron chi connectivity index (χ2n) is 4.91. The van der Waals surface area contributed by atoms with Gasteiger partial charge in [0.05, 0.1) is 6.61 Å². The van der Waals surface area contributed by atoms with Gasteiger partial charge in [0.25, 0.3) is 0 Å². The number of aryl methyl sites for hydroxylation is 2. The normalized spacial score (nSPS) is 9.57. The Bertz CT molecular complexity index is 543. The molecule has 2 aromatic heterocycles. The van der Waals surface area contributed by atoms with Gasteiger partial charge in [-0.2, -0.15) is 0 Å². The van der Waals surface area contributed by atoms with Crippen LogP contribution >= 0.6 is 0 Å². The van der Waals surface area contributed by atoms with E-state index < -0.39 is 0 Å². The van der Waals surface area contributed by atoms with Gasteiger partial charge in [0.1, 0.15) is 5.82 Å². The standard InChI is InChI=1S/C8H12N2O.C8H12N2/c1-3-6-11-8-9-5-4-7(2)10-8;1-7-4-5-9-8(6-7)10(2)3/h4-5H,3,6H2,1-2H3;4-6H,1-3H3. The summed E-state index contributed by atoms with van der Waals surface area (Å²) in [6, 6.07) is 6.37. The minimum atomic E-state index is 0.479. The number of hydrogen-bond donors (Lipinski definition) is 0. The van der Waals surface area contributed by atoms with E-state index in [0.29, 0.717) is 12.6 Å². The van der Waals surface area contributed by atoms with Gasteiger partial charge in [-0.3, -0.25) is 0 Å². The van der Waals surface area contributed by atoms with Crippen LogP contribution < -0.4 is 9.64 Å². The first-order chi connectivity index (χ1) is 10.0. The van der Waals surface area contributed by atoms with Gasteiger partial charge in [0.15, 0.2) is 0 Å². The summed E-state index contributed by atoms with van der Waals surface area (Å²) in [5.41, 5.74) is 2.19. The number of nitrogens with zero attached hydrogens (tertiary/aromatic N) is 4. The summed E-state index contributed by atoms with van der Waals surface area (Å²) in [6.45, 7) is 6.72. The summed E-state index contributed by atoms with van der Waals surface area (Å²) in [4.78, 5) is 14.2. The molecule has 0 spiro atoms. The topological polar surface area (TPSA) is 51.1 Å². The lowest BCUT2D eigenvalue weighted by Gasteiger charge is -2.10. The highest BCUT2D eigenvalue weighted by atomic mass is 16.5. The first kappa shape index (κ1) is 16.9. The van der Waals surface area contributed by atoms with E-state index in [1.54, 1.807) is 6.20 Å². The van der Waals surface area contributed by atoms with E-state index in [-0.39, 0.29) is 0 Å². The fraction of sp³-hybridized carbons (Fsp3) is 0.438. The van der Waals surface area contributed by atoms with Crippen molar-refractivity contribution in [1.82, 2.24) is 15.0 Å². The molecule has 0 aliphatic rings. The summed E-state index contributed by atoms with van der Waals surface area (Å²) < 4.78 is 5.21. The van der Waals surface area contributed by atoms with Crippen molar-refractivity contribution >= 4 is 5.82 Å². The second-order valence-corrected chi connectivity index (χ2v) is 4.91. The lowest BCUT2D eigenvalue weighted by Crippen LogP contribution is -2.10. The van der Waals surface area contributed by atoms with Crippen LogP contribution in [0.2, 0.25) is 0 Å². The maximum absolute atomic E-state index is 5.21. The van der Waals surface area contributed by atoms with Crippen molar-refractivity contribution in [2.75, 3.05) is 25.6 Å². The molecule has 0 aromatic carbocycles. The largest absolute Gasteiger partial charge is 0.463 e. The molecule has 114 valence electrons. The highest BCUT2D eigenvalue weighted by molar-refractivity contribution is 5.38. The van der Waals surface area contributed by atoms with Crippen LogP contribution in [0.15, 0.2) is 30.6 Å². The molecule has 0 aliphatic heterocycles. The molecule has 2 rings (SSSR count). The fourth-order valence-electron chi connectivity index (χ4n) is 1.45. The van der Waals surface area contributed by atoms with Crippen molar-refractivity contribution in [2.24, 2.45) is 0 Å². The summed E-state index contributed by atoms with van der Waals surface area (Å²) in [6.07, 6.45) is 4.51. The molecule has 0 bridgehead atoms. The predicted octanol–water partition coefficient (Wildman–Crippen LogP) is 3.03. The van der Waals surface area contributed by atoms with Gasteiger partial charge in [-0.05, 0) is 44.0 Å².